The number of hydrogen-bond donors (Lipinski definition) is 0. The Hall–Kier alpha value is -2.60. The van der Waals surface area contributed by atoms with Crippen LogP contribution in [0.4, 0.5) is 0 Å². The summed E-state index contributed by atoms with van der Waals surface area (Å²) in [5.41, 5.74) is 2.04. The summed E-state index contributed by atoms with van der Waals surface area (Å²) in [5.74, 6) is 0.949. The molecule has 0 amide bonds. The molecule has 1 aromatic carbocycles. The van der Waals surface area contributed by atoms with E-state index in [2.05, 4.69) is 14.9 Å². The van der Waals surface area contributed by atoms with Gasteiger partial charge in [-0.05, 0) is 44.4 Å². The molecule has 3 heterocycles. The SMILES string of the molecule is O=c1c2ccccc2nc(C2CCCN2Cc2cncnc2)n1C1CCCC1. The highest BCUT2D eigenvalue weighted by Crippen LogP contribution is 2.36. The molecule has 2 aromatic heterocycles. The molecule has 0 radical (unpaired) electrons. The van der Waals surface area contributed by atoms with Crippen LogP contribution in [0.25, 0.3) is 10.9 Å². The van der Waals surface area contributed by atoms with E-state index in [0.29, 0.717) is 0 Å². The molecule has 0 bridgehead atoms. The lowest BCUT2D eigenvalue weighted by molar-refractivity contribution is 0.228. The van der Waals surface area contributed by atoms with Crippen LogP contribution in [0.3, 0.4) is 0 Å². The first-order valence-electron chi connectivity index (χ1n) is 10.3. The third-order valence-corrected chi connectivity index (χ3v) is 6.19. The van der Waals surface area contributed by atoms with Crippen molar-refractivity contribution in [3.05, 3.63) is 64.7 Å². The number of fused-ring (bicyclic) bond motifs is 1. The molecule has 2 aliphatic rings. The van der Waals surface area contributed by atoms with E-state index in [4.69, 9.17) is 4.98 Å². The maximum atomic E-state index is 13.4. The molecule has 6 heteroatoms. The van der Waals surface area contributed by atoms with E-state index in [1.54, 1.807) is 6.33 Å². The number of benzene rings is 1. The predicted molar refractivity (Wildman–Crippen MR) is 108 cm³/mol. The van der Waals surface area contributed by atoms with Crippen LogP contribution in [0.2, 0.25) is 0 Å². The summed E-state index contributed by atoms with van der Waals surface area (Å²) in [5, 5.41) is 0.735. The van der Waals surface area contributed by atoms with Crippen LogP contribution in [0, 0.1) is 0 Å². The number of hydrogen-bond acceptors (Lipinski definition) is 5. The number of para-hydroxylation sites is 1. The second-order valence-corrected chi connectivity index (χ2v) is 7.98. The summed E-state index contributed by atoms with van der Waals surface area (Å²) in [4.78, 5) is 29.2. The van der Waals surface area contributed by atoms with E-state index >= 15 is 0 Å². The average Bonchev–Trinajstić information content (AvgIpc) is 3.41. The van der Waals surface area contributed by atoms with Gasteiger partial charge in [0, 0.05) is 30.5 Å². The molecule has 1 unspecified atom stereocenters. The van der Waals surface area contributed by atoms with E-state index in [0.717, 1.165) is 61.1 Å². The Morgan fingerprint density at radius 2 is 1.79 bits per heavy atom. The molecule has 2 fully saturated rings. The van der Waals surface area contributed by atoms with Crippen LogP contribution in [-0.2, 0) is 6.54 Å². The largest absolute Gasteiger partial charge is 0.292 e. The molecule has 144 valence electrons. The molecule has 28 heavy (non-hydrogen) atoms. The summed E-state index contributed by atoms with van der Waals surface area (Å²) in [6, 6.07) is 8.21. The van der Waals surface area contributed by atoms with Crippen LogP contribution in [0.1, 0.15) is 62.0 Å². The van der Waals surface area contributed by atoms with E-state index in [9.17, 15) is 4.79 Å². The van der Waals surface area contributed by atoms with Crippen molar-refractivity contribution in [1.82, 2.24) is 24.4 Å². The topological polar surface area (TPSA) is 63.9 Å². The third-order valence-electron chi connectivity index (χ3n) is 6.19. The molecular weight excluding hydrogens is 350 g/mol. The van der Waals surface area contributed by atoms with Gasteiger partial charge in [0.2, 0.25) is 0 Å². The van der Waals surface area contributed by atoms with Crippen molar-refractivity contribution < 1.29 is 0 Å². The summed E-state index contributed by atoms with van der Waals surface area (Å²) in [6.07, 6.45) is 12.0. The van der Waals surface area contributed by atoms with Gasteiger partial charge in [-0.2, -0.15) is 0 Å². The van der Waals surface area contributed by atoms with Crippen LogP contribution in [0.15, 0.2) is 47.8 Å². The van der Waals surface area contributed by atoms with Crippen molar-refractivity contribution in [2.45, 2.75) is 57.2 Å². The van der Waals surface area contributed by atoms with Crippen molar-refractivity contribution in [3.8, 4) is 0 Å². The summed E-state index contributed by atoms with van der Waals surface area (Å²) < 4.78 is 2.04. The molecule has 6 nitrogen and oxygen atoms in total. The highest BCUT2D eigenvalue weighted by Gasteiger charge is 2.33. The predicted octanol–water partition coefficient (Wildman–Crippen LogP) is 3.64. The zero-order valence-corrected chi connectivity index (χ0v) is 16.0. The highest BCUT2D eigenvalue weighted by molar-refractivity contribution is 5.77. The third kappa shape index (κ3) is 3.11. The minimum atomic E-state index is 0.127. The monoisotopic (exact) mass is 375 g/mol. The minimum absolute atomic E-state index is 0.127. The van der Waals surface area contributed by atoms with Gasteiger partial charge in [-0.15, -0.1) is 0 Å². The van der Waals surface area contributed by atoms with Crippen molar-refractivity contribution in [1.29, 1.82) is 0 Å². The van der Waals surface area contributed by atoms with Gasteiger partial charge in [0.15, 0.2) is 0 Å². The fourth-order valence-electron chi connectivity index (χ4n) is 4.87. The Balaban J connectivity index is 1.60. The molecule has 3 aromatic rings. The van der Waals surface area contributed by atoms with Crippen LogP contribution >= 0.6 is 0 Å². The summed E-state index contributed by atoms with van der Waals surface area (Å²) >= 11 is 0. The maximum Gasteiger partial charge on any atom is 0.261 e. The summed E-state index contributed by atoms with van der Waals surface area (Å²) in [6.45, 7) is 1.80. The Labute approximate surface area is 164 Å². The molecule has 5 rings (SSSR count). The quantitative estimate of drug-likeness (QED) is 0.697. The molecule has 0 N–H and O–H groups in total. The molecule has 0 spiro atoms. The first-order valence-corrected chi connectivity index (χ1v) is 10.3. The first kappa shape index (κ1) is 17.5. The first-order chi connectivity index (χ1) is 13.8. The standard InChI is InChI=1S/C22H25N5O/c28-22-18-8-3-4-9-19(18)25-21(27(22)17-6-1-2-7-17)20-10-5-11-26(20)14-16-12-23-15-24-13-16/h3-4,8-9,12-13,15,17,20H,1-2,5-7,10-11,14H2. The van der Waals surface area contributed by atoms with Crippen molar-refractivity contribution in [2.75, 3.05) is 6.54 Å². The van der Waals surface area contributed by atoms with Crippen LogP contribution < -0.4 is 5.56 Å². The second-order valence-electron chi connectivity index (χ2n) is 7.98. The number of aromatic nitrogens is 4. The van der Waals surface area contributed by atoms with E-state index < -0.39 is 0 Å². The number of likely N-dealkylation sites (tertiary alicyclic amines) is 1. The van der Waals surface area contributed by atoms with Crippen molar-refractivity contribution in [2.24, 2.45) is 0 Å². The van der Waals surface area contributed by atoms with E-state index in [1.807, 2.05) is 41.2 Å². The lowest BCUT2D eigenvalue weighted by Crippen LogP contribution is -2.33. The number of rotatable bonds is 4. The normalized spacial score (nSPS) is 20.9. The molecular formula is C22H25N5O. The van der Waals surface area contributed by atoms with Gasteiger partial charge >= 0.3 is 0 Å². The lowest BCUT2D eigenvalue weighted by atomic mass is 10.1. The maximum absolute atomic E-state index is 13.4. The fourth-order valence-corrected chi connectivity index (χ4v) is 4.87. The highest BCUT2D eigenvalue weighted by atomic mass is 16.1. The van der Waals surface area contributed by atoms with Gasteiger partial charge in [0.05, 0.1) is 16.9 Å². The lowest BCUT2D eigenvalue weighted by Gasteiger charge is -2.28. The smallest absolute Gasteiger partial charge is 0.261 e. The van der Waals surface area contributed by atoms with Crippen LogP contribution in [0.5, 0.6) is 0 Å². The van der Waals surface area contributed by atoms with Gasteiger partial charge in [0.25, 0.3) is 5.56 Å². The fraction of sp³-hybridized carbons (Fsp3) is 0.455. The van der Waals surface area contributed by atoms with E-state index in [1.165, 1.54) is 12.8 Å². The van der Waals surface area contributed by atoms with Gasteiger partial charge in [-0.25, -0.2) is 15.0 Å². The van der Waals surface area contributed by atoms with Gasteiger partial charge < -0.3 is 0 Å². The van der Waals surface area contributed by atoms with Gasteiger partial charge in [-0.3, -0.25) is 14.3 Å². The Morgan fingerprint density at radius 3 is 2.61 bits per heavy atom. The molecule has 1 atom stereocenters. The van der Waals surface area contributed by atoms with Gasteiger partial charge in [-0.1, -0.05) is 25.0 Å². The van der Waals surface area contributed by atoms with Crippen molar-refractivity contribution >= 4 is 10.9 Å². The average molecular weight is 375 g/mol. The zero-order valence-electron chi connectivity index (χ0n) is 16.0. The molecule has 1 saturated carbocycles. The molecule has 1 aliphatic carbocycles. The van der Waals surface area contributed by atoms with Crippen molar-refractivity contribution in [3.63, 3.8) is 0 Å². The zero-order chi connectivity index (χ0) is 18.9. The second kappa shape index (κ2) is 7.43. The minimum Gasteiger partial charge on any atom is -0.292 e. The van der Waals surface area contributed by atoms with E-state index in [-0.39, 0.29) is 17.6 Å². The Morgan fingerprint density at radius 1 is 1.00 bits per heavy atom. The van der Waals surface area contributed by atoms with Crippen LogP contribution in [-0.4, -0.2) is 31.0 Å². The Kier molecular flexibility index (Phi) is 4.64. The molecule has 1 saturated heterocycles. The summed E-state index contributed by atoms with van der Waals surface area (Å²) in [7, 11) is 0. The molecule has 1 aliphatic heterocycles. The number of nitrogens with zero attached hydrogens (tertiary/aromatic N) is 5. The van der Waals surface area contributed by atoms with Gasteiger partial charge in [0.1, 0.15) is 12.2 Å². The Bertz CT molecular complexity index is 1030.